The fraction of sp³-hybridized carbons (Fsp3) is 0.273. The molecule has 8 nitrogen and oxygen atoms in total. The van der Waals surface area contributed by atoms with Gasteiger partial charge in [-0.15, -0.1) is 0 Å². The van der Waals surface area contributed by atoms with Gasteiger partial charge in [-0.05, 0) is 13.8 Å². The Morgan fingerprint density at radius 1 is 1.43 bits per heavy atom. The van der Waals surface area contributed by atoms with Gasteiger partial charge in [0.2, 0.25) is 10.0 Å². The van der Waals surface area contributed by atoms with Crippen molar-refractivity contribution < 1.29 is 22.7 Å². The van der Waals surface area contributed by atoms with Crippen molar-refractivity contribution in [3.63, 3.8) is 0 Å². The number of hydrogen-bond donors (Lipinski definition) is 3. The van der Waals surface area contributed by atoms with Crippen LogP contribution in [0, 0.1) is 13.8 Å². The van der Waals surface area contributed by atoms with Crippen molar-refractivity contribution in [2.45, 2.75) is 25.3 Å². The van der Waals surface area contributed by atoms with E-state index in [0.29, 0.717) is 5.69 Å². The van der Waals surface area contributed by atoms with Crippen LogP contribution in [-0.2, 0) is 16.6 Å². The molecule has 2 heterocycles. The first-order valence-corrected chi connectivity index (χ1v) is 8.08. The predicted octanol–water partition coefficient (Wildman–Crippen LogP) is 0.823. The molecule has 0 aliphatic rings. The average molecular weight is 332 g/mol. The smallest absolute Gasteiger partial charge is 0.340 e. The van der Waals surface area contributed by atoms with Gasteiger partial charge in [-0.1, -0.05) is 11.3 Å². The molecule has 2 aromatic rings. The predicted molar refractivity (Wildman–Crippen MR) is 74.1 cm³/mol. The number of nitrogens with one attached hydrogen (secondary N) is 2. The van der Waals surface area contributed by atoms with Crippen LogP contribution in [0.1, 0.15) is 27.6 Å². The zero-order valence-electron chi connectivity index (χ0n) is 11.1. The lowest BCUT2D eigenvalue weighted by Gasteiger charge is -2.05. The van der Waals surface area contributed by atoms with E-state index in [1.165, 1.54) is 19.2 Å². The summed E-state index contributed by atoms with van der Waals surface area (Å²) in [6.45, 7) is 2.61. The number of carboxylic acids is 1. The Morgan fingerprint density at radius 3 is 2.62 bits per heavy atom. The van der Waals surface area contributed by atoms with Gasteiger partial charge in [0.15, 0.2) is 0 Å². The summed E-state index contributed by atoms with van der Waals surface area (Å²) in [5.41, 5.74) is 0.00197. The summed E-state index contributed by atoms with van der Waals surface area (Å²) in [4.78, 5) is 23.9. The molecule has 0 aliphatic heterocycles. The van der Waals surface area contributed by atoms with Crippen LogP contribution in [0.2, 0.25) is 0 Å². The lowest BCUT2D eigenvalue weighted by molar-refractivity contribution is 0.0691. The summed E-state index contributed by atoms with van der Waals surface area (Å²) < 4.78 is 31.8. The third kappa shape index (κ3) is 3.06. The van der Waals surface area contributed by atoms with Gasteiger partial charge in [0.25, 0.3) is 0 Å². The van der Waals surface area contributed by atoms with Crippen LogP contribution in [-0.4, -0.2) is 24.5 Å². The number of rotatable bonds is 5. The Morgan fingerprint density at radius 2 is 2.10 bits per heavy atom. The second-order valence-corrected chi connectivity index (χ2v) is 6.77. The van der Waals surface area contributed by atoms with Crippen LogP contribution in [0.3, 0.4) is 0 Å². The molecule has 0 fully saturated rings. The summed E-state index contributed by atoms with van der Waals surface area (Å²) in [6, 6.07) is 0. The number of aromatic amines is 1. The van der Waals surface area contributed by atoms with Crippen molar-refractivity contribution in [2.24, 2.45) is 0 Å². The number of sulfonamides is 1. The number of hydrogen-bond acceptors (Lipinski definition) is 6. The monoisotopic (exact) mass is 332 g/mol. The lowest BCUT2D eigenvalue weighted by Crippen LogP contribution is -2.25. The van der Waals surface area contributed by atoms with E-state index in [-0.39, 0.29) is 28.5 Å². The maximum Gasteiger partial charge on any atom is 0.340 e. The number of carboxylic acid groups (broad SMARTS) is 1. The number of thiazole rings is 1. The Labute approximate surface area is 123 Å². The topological polar surface area (TPSA) is 129 Å². The van der Waals surface area contributed by atoms with Gasteiger partial charge in [-0.2, -0.15) is 0 Å². The minimum atomic E-state index is -4.08. The number of carbonyl (C=O) groups is 1. The van der Waals surface area contributed by atoms with Crippen LogP contribution in [0.15, 0.2) is 19.5 Å². The molecule has 0 saturated carbocycles. The molecular weight excluding hydrogens is 320 g/mol. The summed E-state index contributed by atoms with van der Waals surface area (Å²) in [6.07, 6.45) is 0. The fourth-order valence-corrected chi connectivity index (χ4v) is 3.87. The van der Waals surface area contributed by atoms with Crippen molar-refractivity contribution in [2.75, 3.05) is 0 Å². The molecule has 0 unspecified atom stereocenters. The van der Waals surface area contributed by atoms with Gasteiger partial charge in [0, 0.05) is 11.1 Å². The van der Waals surface area contributed by atoms with E-state index in [1.54, 1.807) is 0 Å². The standard InChI is InChI=1S/C11H12N2O6S2/c1-5-8(10(14)15)9(6(2)19-5)21(17,18)12-3-7-4-20-11(16)13-7/h4,12H,3H2,1-2H3,(H,13,16)(H,14,15). The first-order chi connectivity index (χ1) is 9.72. The minimum Gasteiger partial charge on any atom is -0.478 e. The average Bonchev–Trinajstić information content (AvgIpc) is 2.90. The maximum absolute atomic E-state index is 12.2. The van der Waals surface area contributed by atoms with E-state index in [0.717, 1.165) is 11.3 Å². The van der Waals surface area contributed by atoms with Crippen LogP contribution in [0.25, 0.3) is 0 Å². The highest BCUT2D eigenvalue weighted by Crippen LogP contribution is 2.26. The highest BCUT2D eigenvalue weighted by atomic mass is 32.2. The van der Waals surface area contributed by atoms with Crippen LogP contribution >= 0.6 is 11.3 Å². The van der Waals surface area contributed by atoms with Crippen LogP contribution in [0.4, 0.5) is 0 Å². The quantitative estimate of drug-likeness (QED) is 0.743. The summed E-state index contributed by atoms with van der Waals surface area (Å²) in [5.74, 6) is -1.37. The van der Waals surface area contributed by atoms with Crippen molar-refractivity contribution in [1.29, 1.82) is 0 Å². The molecule has 3 N–H and O–H groups in total. The van der Waals surface area contributed by atoms with Gasteiger partial charge in [-0.3, -0.25) is 4.79 Å². The number of furan rings is 1. The normalized spacial score (nSPS) is 11.7. The van der Waals surface area contributed by atoms with E-state index >= 15 is 0 Å². The molecule has 21 heavy (non-hydrogen) atoms. The van der Waals surface area contributed by atoms with E-state index in [1.807, 2.05) is 0 Å². The van der Waals surface area contributed by atoms with Crippen LogP contribution < -0.4 is 9.60 Å². The molecular formula is C11H12N2O6S2. The Bertz CT molecular complexity index is 842. The zero-order valence-corrected chi connectivity index (χ0v) is 12.7. The highest BCUT2D eigenvalue weighted by Gasteiger charge is 2.30. The van der Waals surface area contributed by atoms with Gasteiger partial charge in [0.1, 0.15) is 22.0 Å². The molecule has 0 aromatic carbocycles. The molecule has 10 heteroatoms. The Balaban J connectivity index is 2.36. The molecule has 0 amide bonds. The third-order valence-corrected chi connectivity index (χ3v) is 4.98. The number of H-pyrrole nitrogens is 1. The van der Waals surface area contributed by atoms with Gasteiger partial charge >= 0.3 is 10.8 Å². The molecule has 114 valence electrons. The largest absolute Gasteiger partial charge is 0.478 e. The van der Waals surface area contributed by atoms with Crippen LogP contribution in [0.5, 0.6) is 0 Å². The highest BCUT2D eigenvalue weighted by molar-refractivity contribution is 7.89. The van der Waals surface area contributed by atoms with Crippen molar-refractivity contribution >= 4 is 27.3 Å². The van der Waals surface area contributed by atoms with Crippen molar-refractivity contribution in [3.8, 4) is 0 Å². The Hall–Kier alpha value is -1.91. The molecule has 0 atom stereocenters. The summed E-state index contributed by atoms with van der Waals surface area (Å²) in [7, 11) is -4.08. The molecule has 0 bridgehead atoms. The fourth-order valence-electron chi connectivity index (χ4n) is 1.88. The summed E-state index contributed by atoms with van der Waals surface area (Å²) >= 11 is 0.908. The summed E-state index contributed by atoms with van der Waals surface area (Å²) in [5, 5.41) is 10.6. The molecule has 0 radical (unpaired) electrons. The van der Waals surface area contributed by atoms with E-state index < -0.39 is 20.9 Å². The molecule has 0 aliphatic carbocycles. The first kappa shape index (κ1) is 15.5. The Kier molecular flexibility index (Phi) is 4.03. The maximum atomic E-state index is 12.2. The lowest BCUT2D eigenvalue weighted by atomic mass is 10.2. The number of aromatic carboxylic acids is 1. The number of aromatic nitrogens is 1. The molecule has 0 spiro atoms. The van der Waals surface area contributed by atoms with E-state index in [4.69, 9.17) is 9.52 Å². The third-order valence-electron chi connectivity index (χ3n) is 2.71. The minimum absolute atomic E-state index is 0.00351. The molecule has 2 rings (SSSR count). The van der Waals surface area contributed by atoms with Gasteiger partial charge in [0.05, 0.1) is 6.54 Å². The second kappa shape index (κ2) is 5.47. The van der Waals surface area contributed by atoms with Crippen molar-refractivity contribution in [3.05, 3.63) is 37.8 Å². The van der Waals surface area contributed by atoms with E-state index in [9.17, 15) is 18.0 Å². The second-order valence-electron chi connectivity index (χ2n) is 4.22. The SMILES string of the molecule is Cc1oc(C)c(S(=O)(=O)NCc2csc(=O)[nH]2)c1C(=O)O. The molecule has 2 aromatic heterocycles. The molecule has 0 saturated heterocycles. The number of aryl methyl sites for hydroxylation is 2. The first-order valence-electron chi connectivity index (χ1n) is 5.72. The van der Waals surface area contributed by atoms with E-state index in [2.05, 4.69) is 9.71 Å². The van der Waals surface area contributed by atoms with Crippen molar-refractivity contribution in [1.82, 2.24) is 9.71 Å². The zero-order chi connectivity index (χ0) is 15.8. The van der Waals surface area contributed by atoms with Gasteiger partial charge in [-0.25, -0.2) is 17.9 Å². The van der Waals surface area contributed by atoms with Gasteiger partial charge < -0.3 is 14.5 Å².